The van der Waals surface area contributed by atoms with Crippen LogP contribution < -0.4 is 5.32 Å². The van der Waals surface area contributed by atoms with E-state index in [2.05, 4.69) is 55.6 Å². The molecule has 0 aromatic rings. The summed E-state index contributed by atoms with van der Waals surface area (Å²) in [4.78, 5) is 24.5. The summed E-state index contributed by atoms with van der Waals surface area (Å²) in [5, 5.41) is 23.2. The maximum Gasteiger partial charge on any atom is 0.305 e. The van der Waals surface area contributed by atoms with Crippen LogP contribution in [0, 0.1) is 0 Å². The van der Waals surface area contributed by atoms with Gasteiger partial charge in [0.25, 0.3) is 0 Å². The quantitative estimate of drug-likeness (QED) is 0.0321. The van der Waals surface area contributed by atoms with Gasteiger partial charge >= 0.3 is 5.97 Å². The number of allylic oxidation sites excluding steroid dienone is 7. The molecule has 0 aliphatic carbocycles. The number of unbranched alkanes of at least 4 members (excludes halogenated alkanes) is 38. The molecule has 0 aliphatic rings. The minimum atomic E-state index is -0.857. The van der Waals surface area contributed by atoms with Gasteiger partial charge in [-0.2, -0.15) is 0 Å². The lowest BCUT2D eigenvalue weighted by atomic mass is 10.0. The van der Waals surface area contributed by atoms with Crippen molar-refractivity contribution < 1.29 is 24.5 Å². The van der Waals surface area contributed by atoms with E-state index in [0.717, 1.165) is 83.5 Å². The summed E-state index contributed by atoms with van der Waals surface area (Å²) >= 11 is 0. The number of aliphatic hydroxyl groups excluding tert-OH is 2. The summed E-state index contributed by atoms with van der Waals surface area (Å²) < 4.78 is 5.45. The largest absolute Gasteiger partial charge is 0.466 e. The molecule has 0 saturated heterocycles. The van der Waals surface area contributed by atoms with Crippen LogP contribution in [0.4, 0.5) is 0 Å². The molecule has 0 fully saturated rings. The third kappa shape index (κ3) is 53.2. The van der Waals surface area contributed by atoms with Crippen molar-refractivity contribution in [2.75, 3.05) is 13.2 Å². The molecule has 1 amide bonds. The van der Waals surface area contributed by atoms with Gasteiger partial charge in [-0.05, 0) is 96.3 Å². The van der Waals surface area contributed by atoms with Crippen LogP contribution in [0.25, 0.3) is 0 Å². The number of ether oxygens (including phenoxy) is 1. The number of amides is 1. The summed E-state index contributed by atoms with van der Waals surface area (Å²) in [5.74, 6) is -0.108. The zero-order valence-electron chi connectivity index (χ0n) is 45.3. The molecule has 0 bridgehead atoms. The number of rotatable bonds is 55. The van der Waals surface area contributed by atoms with Crippen LogP contribution in [-0.2, 0) is 14.3 Å². The highest BCUT2D eigenvalue weighted by molar-refractivity contribution is 5.76. The summed E-state index contributed by atoms with van der Waals surface area (Å²) in [6.45, 7) is 4.86. The first kappa shape index (κ1) is 65.8. The first-order chi connectivity index (χ1) is 33.5. The number of aliphatic hydroxyl groups is 2. The van der Waals surface area contributed by atoms with Crippen molar-refractivity contribution in [1.29, 1.82) is 0 Å². The standard InChI is InChI=1S/C62H115NO5/c1-3-5-7-9-11-13-15-17-19-20-21-23-27-30-34-38-42-46-50-54-60(65)59(58-64)63-61(66)55-51-47-43-39-35-31-28-24-22-25-29-33-37-41-45-49-53-57-68-62(67)56-52-48-44-40-36-32-26-18-16-14-12-10-8-6-4-2/h18,22,25-26,33,37,50,54,59-60,64-65H,3-17,19-21,23-24,27-32,34-36,38-49,51-53,55-58H2,1-2H3,(H,63,66)/b25-22-,26-18-,37-33-,54-50+. The van der Waals surface area contributed by atoms with Crippen LogP contribution >= 0.6 is 0 Å². The lowest BCUT2D eigenvalue weighted by Crippen LogP contribution is -2.45. The Hall–Kier alpha value is -2.18. The zero-order valence-corrected chi connectivity index (χ0v) is 45.3. The van der Waals surface area contributed by atoms with Gasteiger partial charge < -0.3 is 20.3 Å². The van der Waals surface area contributed by atoms with E-state index < -0.39 is 12.1 Å². The van der Waals surface area contributed by atoms with Gasteiger partial charge in [-0.3, -0.25) is 9.59 Å². The highest BCUT2D eigenvalue weighted by Gasteiger charge is 2.18. The smallest absolute Gasteiger partial charge is 0.305 e. The van der Waals surface area contributed by atoms with Crippen LogP contribution in [-0.4, -0.2) is 47.4 Å². The number of hydrogen-bond acceptors (Lipinski definition) is 5. The fourth-order valence-corrected chi connectivity index (χ4v) is 8.95. The van der Waals surface area contributed by atoms with Crippen LogP contribution in [0.2, 0.25) is 0 Å². The molecule has 2 atom stereocenters. The summed E-state index contributed by atoms with van der Waals surface area (Å²) in [6.07, 6.45) is 72.8. The molecule has 0 radical (unpaired) electrons. The maximum atomic E-state index is 12.5. The first-order valence-electron chi connectivity index (χ1n) is 29.9. The molecule has 0 aromatic heterocycles. The van der Waals surface area contributed by atoms with E-state index in [-0.39, 0.29) is 18.5 Å². The number of carbonyl (C=O) groups excluding carboxylic acids is 2. The Morgan fingerprint density at radius 1 is 0.412 bits per heavy atom. The maximum absolute atomic E-state index is 12.5. The van der Waals surface area contributed by atoms with E-state index in [9.17, 15) is 19.8 Å². The normalized spacial score (nSPS) is 12.9. The molecule has 68 heavy (non-hydrogen) atoms. The van der Waals surface area contributed by atoms with E-state index in [4.69, 9.17) is 4.74 Å². The van der Waals surface area contributed by atoms with E-state index in [1.807, 2.05) is 6.08 Å². The van der Waals surface area contributed by atoms with Crippen LogP contribution in [0.5, 0.6) is 0 Å². The predicted octanol–water partition coefficient (Wildman–Crippen LogP) is 18.6. The molecular weight excluding hydrogens is 839 g/mol. The number of nitrogens with one attached hydrogen (secondary N) is 1. The Bertz CT molecular complexity index is 1150. The van der Waals surface area contributed by atoms with Gasteiger partial charge in [0, 0.05) is 12.8 Å². The molecular formula is C62H115NO5. The van der Waals surface area contributed by atoms with Gasteiger partial charge in [-0.15, -0.1) is 0 Å². The number of esters is 1. The number of hydrogen-bond donors (Lipinski definition) is 3. The molecule has 0 heterocycles. The van der Waals surface area contributed by atoms with E-state index in [1.54, 1.807) is 6.08 Å². The molecule has 0 aliphatic heterocycles. The highest BCUT2D eigenvalue weighted by Crippen LogP contribution is 2.16. The van der Waals surface area contributed by atoms with E-state index in [0.29, 0.717) is 19.4 Å². The Morgan fingerprint density at radius 2 is 0.735 bits per heavy atom. The lowest BCUT2D eigenvalue weighted by molar-refractivity contribution is -0.143. The Labute approximate surface area is 423 Å². The minimum Gasteiger partial charge on any atom is -0.466 e. The van der Waals surface area contributed by atoms with Gasteiger partial charge in [0.2, 0.25) is 5.91 Å². The summed E-state index contributed by atoms with van der Waals surface area (Å²) in [5.41, 5.74) is 0. The first-order valence-corrected chi connectivity index (χ1v) is 29.9. The molecule has 2 unspecified atom stereocenters. The van der Waals surface area contributed by atoms with Crippen molar-refractivity contribution in [3.63, 3.8) is 0 Å². The molecule has 6 heteroatoms. The Kier molecular flexibility index (Phi) is 55.6. The molecule has 6 nitrogen and oxygen atoms in total. The number of carbonyl (C=O) groups is 2. The lowest BCUT2D eigenvalue weighted by Gasteiger charge is -2.20. The van der Waals surface area contributed by atoms with Crippen molar-refractivity contribution in [2.45, 2.75) is 321 Å². The molecule has 0 spiro atoms. The van der Waals surface area contributed by atoms with Gasteiger partial charge in [-0.25, -0.2) is 0 Å². The van der Waals surface area contributed by atoms with Crippen molar-refractivity contribution in [2.24, 2.45) is 0 Å². The predicted molar refractivity (Wildman–Crippen MR) is 296 cm³/mol. The third-order valence-electron chi connectivity index (χ3n) is 13.6. The van der Waals surface area contributed by atoms with E-state index >= 15 is 0 Å². The van der Waals surface area contributed by atoms with E-state index in [1.165, 1.54) is 199 Å². The van der Waals surface area contributed by atoms with Crippen molar-refractivity contribution in [1.82, 2.24) is 5.32 Å². The van der Waals surface area contributed by atoms with Crippen LogP contribution in [0.3, 0.4) is 0 Å². The average Bonchev–Trinajstić information content (AvgIpc) is 3.34. The monoisotopic (exact) mass is 954 g/mol. The van der Waals surface area contributed by atoms with Gasteiger partial charge in [0.1, 0.15) is 0 Å². The molecule has 0 saturated carbocycles. The van der Waals surface area contributed by atoms with Crippen molar-refractivity contribution in [3.8, 4) is 0 Å². The second-order valence-corrected chi connectivity index (χ2v) is 20.3. The SMILES string of the molecule is CCCCCCCC/C=C\CCCCCCCC(=O)OCCCCC/C=C\C/C=C\CCCCCCCCCC(=O)NC(CO)C(O)/C=C/CCCCCCCCCCCCCCCCCCC. The molecule has 3 N–H and O–H groups in total. The third-order valence-corrected chi connectivity index (χ3v) is 13.6. The Balaban J connectivity index is 3.54. The zero-order chi connectivity index (χ0) is 49.3. The van der Waals surface area contributed by atoms with Gasteiger partial charge in [0.15, 0.2) is 0 Å². The Morgan fingerprint density at radius 3 is 1.13 bits per heavy atom. The highest BCUT2D eigenvalue weighted by atomic mass is 16.5. The van der Waals surface area contributed by atoms with Crippen LogP contribution in [0.1, 0.15) is 309 Å². The summed E-state index contributed by atoms with van der Waals surface area (Å²) in [6, 6.07) is -0.642. The fourth-order valence-electron chi connectivity index (χ4n) is 8.95. The van der Waals surface area contributed by atoms with Crippen molar-refractivity contribution in [3.05, 3.63) is 48.6 Å². The second kappa shape index (κ2) is 57.4. The average molecular weight is 955 g/mol. The molecule has 398 valence electrons. The fraction of sp³-hybridized carbons (Fsp3) is 0.839. The minimum absolute atomic E-state index is 0.0246. The molecule has 0 aromatic carbocycles. The summed E-state index contributed by atoms with van der Waals surface area (Å²) in [7, 11) is 0. The van der Waals surface area contributed by atoms with Gasteiger partial charge in [-0.1, -0.05) is 249 Å². The topological polar surface area (TPSA) is 95.9 Å². The van der Waals surface area contributed by atoms with Crippen LogP contribution in [0.15, 0.2) is 48.6 Å². The van der Waals surface area contributed by atoms with Gasteiger partial charge in [0.05, 0.1) is 25.4 Å². The van der Waals surface area contributed by atoms with Crippen molar-refractivity contribution >= 4 is 11.9 Å². The second-order valence-electron chi connectivity index (χ2n) is 20.3. The molecule has 0 rings (SSSR count).